The minimum atomic E-state index is -0.361. The number of ketones is 1. The first kappa shape index (κ1) is 19.2. The van der Waals surface area contributed by atoms with Gasteiger partial charge in [0.15, 0.2) is 17.3 Å². The molecule has 1 aromatic heterocycles. The molecule has 0 saturated heterocycles. The number of para-hydroxylation sites is 1. The zero-order valence-electron chi connectivity index (χ0n) is 16.1. The highest BCUT2D eigenvalue weighted by atomic mass is 16.2. The van der Waals surface area contributed by atoms with E-state index in [2.05, 4.69) is 33.8 Å². The van der Waals surface area contributed by atoms with Gasteiger partial charge in [0.2, 0.25) is 0 Å². The largest absolute Gasteiger partial charge is 0.338 e. The van der Waals surface area contributed by atoms with Crippen LogP contribution in [0.2, 0.25) is 0 Å². The molecule has 0 radical (unpaired) electrons. The van der Waals surface area contributed by atoms with Crippen molar-refractivity contribution in [2.75, 3.05) is 10.6 Å². The van der Waals surface area contributed by atoms with Crippen LogP contribution in [0.25, 0.3) is 0 Å². The van der Waals surface area contributed by atoms with Gasteiger partial charge in [-0.15, -0.1) is 10.2 Å². The molecule has 6 heteroatoms. The van der Waals surface area contributed by atoms with E-state index in [1.807, 2.05) is 19.1 Å². The van der Waals surface area contributed by atoms with Crippen LogP contribution in [0.5, 0.6) is 0 Å². The van der Waals surface area contributed by atoms with E-state index >= 15 is 0 Å². The smallest absolute Gasteiger partial charge is 0.276 e. The Balaban J connectivity index is 1.70. The van der Waals surface area contributed by atoms with Gasteiger partial charge in [-0.3, -0.25) is 9.59 Å². The summed E-state index contributed by atoms with van der Waals surface area (Å²) in [6.45, 7) is 5.63. The number of rotatable bonds is 6. The van der Waals surface area contributed by atoms with Crippen LogP contribution in [0.4, 0.5) is 17.2 Å². The summed E-state index contributed by atoms with van der Waals surface area (Å²) in [7, 11) is 0. The van der Waals surface area contributed by atoms with Crippen molar-refractivity contribution in [1.29, 1.82) is 0 Å². The van der Waals surface area contributed by atoms with E-state index in [0.29, 0.717) is 17.1 Å². The van der Waals surface area contributed by atoms with Crippen molar-refractivity contribution in [3.8, 4) is 0 Å². The molecule has 0 aliphatic heterocycles. The van der Waals surface area contributed by atoms with E-state index in [-0.39, 0.29) is 17.4 Å². The third-order valence-electron chi connectivity index (χ3n) is 4.44. The highest BCUT2D eigenvalue weighted by Crippen LogP contribution is 2.24. The molecular weight excluding hydrogens is 352 g/mol. The maximum Gasteiger partial charge on any atom is 0.276 e. The minimum absolute atomic E-state index is 0.0216. The van der Waals surface area contributed by atoms with Gasteiger partial charge in [-0.2, -0.15) is 0 Å². The van der Waals surface area contributed by atoms with Crippen molar-refractivity contribution in [2.45, 2.75) is 27.2 Å². The summed E-state index contributed by atoms with van der Waals surface area (Å²) >= 11 is 0. The first-order valence-corrected chi connectivity index (χ1v) is 9.09. The van der Waals surface area contributed by atoms with Gasteiger partial charge in [-0.25, -0.2) is 0 Å². The molecule has 1 amide bonds. The number of amides is 1. The topological polar surface area (TPSA) is 84.0 Å². The molecule has 3 rings (SSSR count). The van der Waals surface area contributed by atoms with E-state index in [1.54, 1.807) is 36.4 Å². The molecule has 1 heterocycles. The van der Waals surface area contributed by atoms with Crippen molar-refractivity contribution < 1.29 is 9.59 Å². The molecular formula is C22H22N4O2. The zero-order valence-corrected chi connectivity index (χ0v) is 16.1. The number of hydrogen-bond acceptors (Lipinski definition) is 5. The fourth-order valence-corrected chi connectivity index (χ4v) is 2.83. The fourth-order valence-electron chi connectivity index (χ4n) is 2.83. The zero-order chi connectivity index (χ0) is 20.1. The number of nitrogens with one attached hydrogen (secondary N) is 2. The summed E-state index contributed by atoms with van der Waals surface area (Å²) < 4.78 is 0. The number of Topliss-reactive ketones (excluding diaryl/α,β-unsaturated/α-hetero) is 1. The summed E-state index contributed by atoms with van der Waals surface area (Å²) in [6, 6.07) is 16.2. The molecule has 142 valence electrons. The van der Waals surface area contributed by atoms with Crippen LogP contribution in [0.15, 0.2) is 54.6 Å². The Kier molecular flexibility index (Phi) is 5.79. The second kappa shape index (κ2) is 8.43. The molecule has 0 saturated carbocycles. The van der Waals surface area contributed by atoms with Gasteiger partial charge >= 0.3 is 0 Å². The number of aromatic nitrogens is 2. The summed E-state index contributed by atoms with van der Waals surface area (Å²) in [5.74, 6) is 0.192. The second-order valence-electron chi connectivity index (χ2n) is 6.48. The van der Waals surface area contributed by atoms with Gasteiger partial charge in [0.05, 0.1) is 0 Å². The van der Waals surface area contributed by atoms with Crippen molar-refractivity contribution in [2.24, 2.45) is 0 Å². The lowest BCUT2D eigenvalue weighted by molar-refractivity contribution is 0.101. The Morgan fingerprint density at radius 1 is 0.964 bits per heavy atom. The molecule has 0 bridgehead atoms. The Hall–Kier alpha value is -3.54. The lowest BCUT2D eigenvalue weighted by Crippen LogP contribution is -2.14. The van der Waals surface area contributed by atoms with Gasteiger partial charge in [-0.1, -0.05) is 25.1 Å². The first-order valence-electron chi connectivity index (χ1n) is 9.09. The van der Waals surface area contributed by atoms with Crippen LogP contribution in [0, 0.1) is 6.92 Å². The Morgan fingerprint density at radius 2 is 1.71 bits per heavy atom. The van der Waals surface area contributed by atoms with Gasteiger partial charge in [0.1, 0.15) is 0 Å². The van der Waals surface area contributed by atoms with Crippen LogP contribution in [0.1, 0.15) is 45.8 Å². The fraction of sp³-hybridized carbons (Fsp3) is 0.182. The van der Waals surface area contributed by atoms with Crippen molar-refractivity contribution >= 4 is 28.9 Å². The SMILES string of the molecule is CCc1cccc(C)c1Nc1ccc(C(=O)Nc2ccc(C(C)=O)cc2)nn1. The number of anilines is 3. The molecule has 3 aromatic rings. The predicted molar refractivity (Wildman–Crippen MR) is 110 cm³/mol. The van der Waals surface area contributed by atoms with Gasteiger partial charge in [0, 0.05) is 16.9 Å². The summed E-state index contributed by atoms with van der Waals surface area (Å²) in [5, 5.41) is 14.2. The molecule has 0 spiro atoms. The molecule has 6 nitrogen and oxygen atoms in total. The van der Waals surface area contributed by atoms with Gasteiger partial charge in [-0.05, 0) is 67.8 Å². The van der Waals surface area contributed by atoms with Gasteiger partial charge < -0.3 is 10.6 Å². The number of hydrogen-bond donors (Lipinski definition) is 2. The molecule has 2 aromatic carbocycles. The molecule has 0 aliphatic carbocycles. The van der Waals surface area contributed by atoms with E-state index < -0.39 is 0 Å². The summed E-state index contributed by atoms with van der Waals surface area (Å²) in [6.07, 6.45) is 0.903. The monoisotopic (exact) mass is 374 g/mol. The summed E-state index contributed by atoms with van der Waals surface area (Å²) in [4.78, 5) is 23.7. The van der Waals surface area contributed by atoms with E-state index in [1.165, 1.54) is 12.5 Å². The predicted octanol–water partition coefficient (Wildman–Crippen LogP) is 4.55. The molecule has 0 atom stereocenters. The number of benzene rings is 2. The molecule has 0 fully saturated rings. The van der Waals surface area contributed by atoms with Crippen molar-refractivity contribution in [3.63, 3.8) is 0 Å². The van der Waals surface area contributed by atoms with E-state index in [0.717, 1.165) is 17.7 Å². The minimum Gasteiger partial charge on any atom is -0.338 e. The summed E-state index contributed by atoms with van der Waals surface area (Å²) in [5.41, 5.74) is 4.72. The molecule has 2 N–H and O–H groups in total. The normalized spacial score (nSPS) is 10.4. The number of nitrogens with zero attached hydrogens (tertiary/aromatic N) is 2. The van der Waals surface area contributed by atoms with Crippen LogP contribution in [-0.4, -0.2) is 21.9 Å². The third kappa shape index (κ3) is 4.40. The maximum atomic E-state index is 12.4. The van der Waals surface area contributed by atoms with Crippen molar-refractivity contribution in [3.05, 3.63) is 77.0 Å². The number of carbonyl (C=O) groups is 2. The lowest BCUT2D eigenvalue weighted by Gasteiger charge is -2.13. The van der Waals surface area contributed by atoms with E-state index in [4.69, 9.17) is 0 Å². The molecule has 28 heavy (non-hydrogen) atoms. The highest BCUT2D eigenvalue weighted by Gasteiger charge is 2.11. The van der Waals surface area contributed by atoms with Crippen LogP contribution < -0.4 is 10.6 Å². The second-order valence-corrected chi connectivity index (χ2v) is 6.48. The van der Waals surface area contributed by atoms with Gasteiger partial charge in [0.25, 0.3) is 5.91 Å². The average Bonchev–Trinajstić information content (AvgIpc) is 2.70. The van der Waals surface area contributed by atoms with Crippen LogP contribution in [0.3, 0.4) is 0 Å². The third-order valence-corrected chi connectivity index (χ3v) is 4.44. The molecule has 0 unspecified atom stereocenters. The number of aryl methyl sites for hydroxylation is 2. The lowest BCUT2D eigenvalue weighted by atomic mass is 10.1. The van der Waals surface area contributed by atoms with Crippen LogP contribution in [-0.2, 0) is 6.42 Å². The van der Waals surface area contributed by atoms with Crippen LogP contribution >= 0.6 is 0 Å². The Labute approximate surface area is 164 Å². The number of carbonyl (C=O) groups excluding carboxylic acids is 2. The first-order chi connectivity index (χ1) is 13.5. The standard InChI is InChI=1S/C22H22N4O2/c1-4-16-7-5-6-14(2)21(16)24-20-13-12-19(25-26-20)22(28)23-18-10-8-17(9-11-18)15(3)27/h5-13H,4H2,1-3H3,(H,23,28)(H,24,26). The van der Waals surface area contributed by atoms with Crippen molar-refractivity contribution in [1.82, 2.24) is 10.2 Å². The Bertz CT molecular complexity index is 996. The van der Waals surface area contributed by atoms with E-state index in [9.17, 15) is 9.59 Å². The Morgan fingerprint density at radius 3 is 2.32 bits per heavy atom. The average molecular weight is 374 g/mol. The molecule has 0 aliphatic rings. The highest BCUT2D eigenvalue weighted by molar-refractivity contribution is 6.03. The quantitative estimate of drug-likeness (QED) is 0.619. The maximum absolute atomic E-state index is 12.4.